The Bertz CT molecular complexity index is 468. The average molecular weight is 275 g/mol. The van der Waals surface area contributed by atoms with Crippen molar-refractivity contribution < 1.29 is 9.84 Å². The zero-order valence-corrected chi connectivity index (χ0v) is 12.4. The molecule has 3 rings (SSSR count). The van der Waals surface area contributed by atoms with Crippen molar-refractivity contribution in [2.24, 2.45) is 5.41 Å². The highest BCUT2D eigenvalue weighted by atomic mass is 16.5. The highest BCUT2D eigenvalue weighted by molar-refractivity contribution is 5.53. The van der Waals surface area contributed by atoms with E-state index in [4.69, 9.17) is 4.74 Å². The summed E-state index contributed by atoms with van der Waals surface area (Å²) < 4.78 is 5.89. The summed E-state index contributed by atoms with van der Waals surface area (Å²) in [6.45, 7) is 4.71. The zero-order valence-electron chi connectivity index (χ0n) is 12.4. The fraction of sp³-hybridized carbons (Fsp3) is 0.647. The zero-order chi connectivity index (χ0) is 14.2. The van der Waals surface area contributed by atoms with Crippen LogP contribution in [0.3, 0.4) is 0 Å². The van der Waals surface area contributed by atoms with Crippen LogP contribution in [-0.2, 0) is 4.74 Å². The number of ether oxygens (including phenoxy) is 1. The Morgan fingerprint density at radius 3 is 2.75 bits per heavy atom. The van der Waals surface area contributed by atoms with Gasteiger partial charge in [0.15, 0.2) is 0 Å². The smallest absolute Gasteiger partial charge is 0.0781 e. The minimum Gasteiger partial charge on any atom is -0.389 e. The molecule has 3 atom stereocenters. The Balaban J connectivity index is 1.73. The van der Waals surface area contributed by atoms with Crippen molar-refractivity contribution in [3.63, 3.8) is 0 Å². The van der Waals surface area contributed by atoms with Crippen LogP contribution in [0.25, 0.3) is 0 Å². The van der Waals surface area contributed by atoms with E-state index in [2.05, 4.69) is 18.3 Å². The van der Waals surface area contributed by atoms with Gasteiger partial charge < -0.3 is 15.2 Å². The Morgan fingerprint density at radius 1 is 1.40 bits per heavy atom. The monoisotopic (exact) mass is 275 g/mol. The molecule has 0 radical (unpaired) electrons. The van der Waals surface area contributed by atoms with Crippen LogP contribution in [0, 0.1) is 5.41 Å². The standard InChI is InChI=1S/C17H25NO2/c1-3-20-16-11-15(17(16)9-6-10-17)18-14-8-5-4-7-13(14)12(2)19/h4-5,7-8,12,15-16,18-19H,3,6,9-11H2,1-2H3. The lowest BCUT2D eigenvalue weighted by Crippen LogP contribution is -2.64. The van der Waals surface area contributed by atoms with E-state index in [-0.39, 0.29) is 0 Å². The third kappa shape index (κ3) is 2.13. The molecule has 0 saturated heterocycles. The summed E-state index contributed by atoms with van der Waals surface area (Å²) in [5, 5.41) is 13.6. The number of hydrogen-bond acceptors (Lipinski definition) is 3. The van der Waals surface area contributed by atoms with Crippen molar-refractivity contribution in [2.75, 3.05) is 11.9 Å². The van der Waals surface area contributed by atoms with E-state index in [1.807, 2.05) is 25.1 Å². The quantitative estimate of drug-likeness (QED) is 0.864. The molecular weight excluding hydrogens is 250 g/mol. The van der Waals surface area contributed by atoms with Gasteiger partial charge in [0.2, 0.25) is 0 Å². The lowest BCUT2D eigenvalue weighted by Gasteiger charge is -2.61. The molecule has 2 aliphatic rings. The van der Waals surface area contributed by atoms with Crippen molar-refractivity contribution in [1.82, 2.24) is 0 Å². The van der Waals surface area contributed by atoms with Crippen LogP contribution in [-0.4, -0.2) is 23.9 Å². The molecular formula is C17H25NO2. The van der Waals surface area contributed by atoms with E-state index < -0.39 is 6.10 Å². The first kappa shape index (κ1) is 13.9. The normalized spacial score (nSPS) is 28.6. The molecule has 1 aromatic carbocycles. The van der Waals surface area contributed by atoms with Gasteiger partial charge in [-0.25, -0.2) is 0 Å². The maximum Gasteiger partial charge on any atom is 0.0781 e. The summed E-state index contributed by atoms with van der Waals surface area (Å²) >= 11 is 0. The fourth-order valence-electron chi connectivity index (χ4n) is 3.82. The van der Waals surface area contributed by atoms with Crippen molar-refractivity contribution in [3.05, 3.63) is 29.8 Å². The Hall–Kier alpha value is -1.06. The van der Waals surface area contributed by atoms with Gasteiger partial charge in [-0.3, -0.25) is 0 Å². The van der Waals surface area contributed by atoms with E-state index in [0.717, 1.165) is 24.3 Å². The van der Waals surface area contributed by atoms with Crippen LogP contribution >= 0.6 is 0 Å². The first-order chi connectivity index (χ1) is 9.67. The van der Waals surface area contributed by atoms with Gasteiger partial charge in [0.1, 0.15) is 0 Å². The molecule has 2 saturated carbocycles. The molecule has 0 aromatic heterocycles. The second kappa shape index (κ2) is 5.38. The summed E-state index contributed by atoms with van der Waals surface area (Å²) in [7, 11) is 0. The molecule has 20 heavy (non-hydrogen) atoms. The van der Waals surface area contributed by atoms with Crippen LogP contribution in [0.4, 0.5) is 5.69 Å². The van der Waals surface area contributed by atoms with E-state index in [1.54, 1.807) is 0 Å². The molecule has 2 N–H and O–H groups in total. The topological polar surface area (TPSA) is 41.5 Å². The van der Waals surface area contributed by atoms with Crippen LogP contribution in [0.15, 0.2) is 24.3 Å². The molecule has 1 spiro atoms. The van der Waals surface area contributed by atoms with Gasteiger partial charge in [-0.05, 0) is 39.2 Å². The number of benzene rings is 1. The number of aliphatic hydroxyl groups excluding tert-OH is 1. The number of para-hydroxylation sites is 1. The van der Waals surface area contributed by atoms with Crippen LogP contribution in [0.5, 0.6) is 0 Å². The third-order valence-corrected chi connectivity index (χ3v) is 5.18. The van der Waals surface area contributed by atoms with Gasteiger partial charge in [-0.1, -0.05) is 24.6 Å². The molecule has 110 valence electrons. The SMILES string of the molecule is CCOC1CC(Nc2ccccc2C(C)O)C12CCC2. The number of aliphatic hydroxyl groups is 1. The maximum atomic E-state index is 9.88. The second-order valence-corrected chi connectivity index (χ2v) is 6.23. The number of anilines is 1. The second-order valence-electron chi connectivity index (χ2n) is 6.23. The Labute approximate surface area is 121 Å². The van der Waals surface area contributed by atoms with E-state index in [9.17, 15) is 5.11 Å². The molecule has 0 aliphatic heterocycles. The largest absolute Gasteiger partial charge is 0.389 e. The van der Waals surface area contributed by atoms with Crippen molar-refractivity contribution in [2.45, 2.75) is 57.8 Å². The summed E-state index contributed by atoms with van der Waals surface area (Å²) in [6, 6.07) is 8.57. The van der Waals surface area contributed by atoms with Gasteiger partial charge in [0.25, 0.3) is 0 Å². The highest BCUT2D eigenvalue weighted by Gasteiger charge is 2.58. The first-order valence-corrected chi connectivity index (χ1v) is 7.82. The summed E-state index contributed by atoms with van der Waals surface area (Å²) in [6.07, 6.45) is 4.94. The lowest BCUT2D eigenvalue weighted by molar-refractivity contribution is -0.157. The highest BCUT2D eigenvalue weighted by Crippen LogP contribution is 2.58. The van der Waals surface area contributed by atoms with Crippen LogP contribution < -0.4 is 5.32 Å². The molecule has 2 fully saturated rings. The lowest BCUT2D eigenvalue weighted by atomic mass is 9.51. The molecule has 0 amide bonds. The van der Waals surface area contributed by atoms with Gasteiger partial charge in [0, 0.05) is 29.3 Å². The summed E-state index contributed by atoms with van der Waals surface area (Å²) in [4.78, 5) is 0. The van der Waals surface area contributed by atoms with E-state index in [1.165, 1.54) is 19.3 Å². The van der Waals surface area contributed by atoms with Gasteiger partial charge in [-0.15, -0.1) is 0 Å². The van der Waals surface area contributed by atoms with E-state index in [0.29, 0.717) is 17.6 Å². The van der Waals surface area contributed by atoms with Crippen molar-refractivity contribution in [3.8, 4) is 0 Å². The minimum absolute atomic E-state index is 0.349. The average Bonchev–Trinajstić information content (AvgIpc) is 2.35. The van der Waals surface area contributed by atoms with Gasteiger partial charge >= 0.3 is 0 Å². The minimum atomic E-state index is -0.432. The number of rotatable bonds is 5. The Morgan fingerprint density at radius 2 is 2.15 bits per heavy atom. The summed E-state index contributed by atoms with van der Waals surface area (Å²) in [5.41, 5.74) is 2.41. The number of nitrogens with one attached hydrogen (secondary N) is 1. The van der Waals surface area contributed by atoms with Gasteiger partial charge in [-0.2, -0.15) is 0 Å². The molecule has 3 heteroatoms. The molecule has 0 bridgehead atoms. The van der Waals surface area contributed by atoms with Crippen LogP contribution in [0.1, 0.15) is 51.2 Å². The third-order valence-electron chi connectivity index (χ3n) is 5.18. The predicted octanol–water partition coefficient (Wildman–Crippen LogP) is 3.50. The Kier molecular flexibility index (Phi) is 3.74. The van der Waals surface area contributed by atoms with Crippen molar-refractivity contribution in [1.29, 1.82) is 0 Å². The summed E-state index contributed by atoms with van der Waals surface area (Å²) in [5.74, 6) is 0. The molecule has 2 aliphatic carbocycles. The number of hydrogen-bond donors (Lipinski definition) is 2. The molecule has 3 nitrogen and oxygen atoms in total. The van der Waals surface area contributed by atoms with Gasteiger partial charge in [0.05, 0.1) is 12.2 Å². The van der Waals surface area contributed by atoms with Crippen molar-refractivity contribution >= 4 is 5.69 Å². The maximum absolute atomic E-state index is 9.88. The predicted molar refractivity (Wildman–Crippen MR) is 80.8 cm³/mol. The first-order valence-electron chi connectivity index (χ1n) is 7.82. The van der Waals surface area contributed by atoms with Crippen LogP contribution in [0.2, 0.25) is 0 Å². The molecule has 0 heterocycles. The fourth-order valence-corrected chi connectivity index (χ4v) is 3.82. The molecule has 3 unspecified atom stereocenters. The van der Waals surface area contributed by atoms with E-state index >= 15 is 0 Å². The molecule has 1 aromatic rings.